The van der Waals surface area contributed by atoms with Gasteiger partial charge in [-0.2, -0.15) is 0 Å². The van der Waals surface area contributed by atoms with Crippen molar-refractivity contribution in [3.8, 4) is 5.75 Å². The molecular formula is C23H29NO2. The fourth-order valence-electron chi connectivity index (χ4n) is 3.66. The molecule has 3 heteroatoms. The van der Waals surface area contributed by atoms with Gasteiger partial charge >= 0.3 is 0 Å². The second kappa shape index (κ2) is 7.94. The van der Waals surface area contributed by atoms with Crippen molar-refractivity contribution in [1.29, 1.82) is 0 Å². The predicted octanol–water partition coefficient (Wildman–Crippen LogP) is 5.44. The Morgan fingerprint density at radius 1 is 1.00 bits per heavy atom. The Bertz CT molecular complexity index is 767. The van der Waals surface area contributed by atoms with E-state index in [1.54, 1.807) is 0 Å². The van der Waals surface area contributed by atoms with Crippen LogP contribution in [0.4, 0.5) is 5.69 Å². The van der Waals surface area contributed by atoms with Crippen LogP contribution in [0, 0.1) is 0 Å². The molecular weight excluding hydrogens is 322 g/mol. The highest BCUT2D eigenvalue weighted by Crippen LogP contribution is 2.32. The Labute approximate surface area is 156 Å². The van der Waals surface area contributed by atoms with Gasteiger partial charge in [-0.25, -0.2) is 0 Å². The van der Waals surface area contributed by atoms with Crippen molar-refractivity contribution < 1.29 is 9.53 Å². The van der Waals surface area contributed by atoms with Crippen LogP contribution in [0.3, 0.4) is 0 Å². The fraction of sp³-hybridized carbons (Fsp3) is 0.435. The molecule has 1 amide bonds. The molecule has 0 bridgehead atoms. The van der Waals surface area contributed by atoms with E-state index >= 15 is 0 Å². The highest BCUT2D eigenvalue weighted by Gasteiger charge is 2.17. The number of anilines is 1. The quantitative estimate of drug-likeness (QED) is 0.752. The monoisotopic (exact) mass is 351 g/mol. The van der Waals surface area contributed by atoms with Crippen molar-refractivity contribution in [3.63, 3.8) is 0 Å². The largest absolute Gasteiger partial charge is 0.484 e. The number of rotatable bonds is 6. The molecule has 0 atom stereocenters. The Morgan fingerprint density at radius 2 is 1.65 bits per heavy atom. The first-order valence-corrected chi connectivity index (χ1v) is 9.63. The summed E-state index contributed by atoms with van der Waals surface area (Å²) >= 11 is 0. The SMILES string of the molecule is CC(C)c1cccc(C(C)C)c1NC(=O)COc1ccc2c(c1)CCC2. The van der Waals surface area contributed by atoms with E-state index in [0.29, 0.717) is 11.8 Å². The molecule has 26 heavy (non-hydrogen) atoms. The molecule has 0 fully saturated rings. The number of para-hydroxylation sites is 1. The number of amides is 1. The third-order valence-corrected chi connectivity index (χ3v) is 5.08. The van der Waals surface area contributed by atoms with Gasteiger partial charge in [-0.15, -0.1) is 0 Å². The van der Waals surface area contributed by atoms with Gasteiger partial charge < -0.3 is 10.1 Å². The molecule has 2 aromatic carbocycles. The topological polar surface area (TPSA) is 38.3 Å². The van der Waals surface area contributed by atoms with E-state index in [1.165, 1.54) is 28.7 Å². The summed E-state index contributed by atoms with van der Waals surface area (Å²) in [5.41, 5.74) is 6.05. The van der Waals surface area contributed by atoms with Crippen molar-refractivity contribution in [2.24, 2.45) is 0 Å². The highest BCUT2D eigenvalue weighted by atomic mass is 16.5. The number of hydrogen-bond acceptors (Lipinski definition) is 2. The fourth-order valence-corrected chi connectivity index (χ4v) is 3.66. The lowest BCUT2D eigenvalue weighted by molar-refractivity contribution is -0.118. The van der Waals surface area contributed by atoms with Crippen LogP contribution in [0.1, 0.15) is 68.2 Å². The molecule has 0 radical (unpaired) electrons. The first kappa shape index (κ1) is 18.5. The van der Waals surface area contributed by atoms with Gasteiger partial charge in [0.15, 0.2) is 6.61 Å². The lowest BCUT2D eigenvalue weighted by Crippen LogP contribution is -2.22. The molecule has 1 aliphatic rings. The summed E-state index contributed by atoms with van der Waals surface area (Å²) in [4.78, 5) is 12.5. The van der Waals surface area contributed by atoms with Gasteiger partial charge in [-0.3, -0.25) is 4.79 Å². The first-order valence-electron chi connectivity index (χ1n) is 9.63. The lowest BCUT2D eigenvalue weighted by atomic mass is 9.92. The van der Waals surface area contributed by atoms with Gasteiger partial charge in [0.1, 0.15) is 5.75 Å². The van der Waals surface area contributed by atoms with E-state index in [1.807, 2.05) is 6.07 Å². The highest BCUT2D eigenvalue weighted by molar-refractivity contribution is 5.93. The van der Waals surface area contributed by atoms with Crippen LogP contribution in [-0.4, -0.2) is 12.5 Å². The van der Waals surface area contributed by atoms with Crippen LogP contribution < -0.4 is 10.1 Å². The molecule has 3 nitrogen and oxygen atoms in total. The summed E-state index contributed by atoms with van der Waals surface area (Å²) in [5, 5.41) is 3.10. The summed E-state index contributed by atoms with van der Waals surface area (Å²) in [6, 6.07) is 12.4. The van der Waals surface area contributed by atoms with Crippen molar-refractivity contribution in [2.45, 2.75) is 58.8 Å². The number of fused-ring (bicyclic) bond motifs is 1. The Morgan fingerprint density at radius 3 is 2.31 bits per heavy atom. The van der Waals surface area contributed by atoms with E-state index in [4.69, 9.17) is 4.74 Å². The maximum Gasteiger partial charge on any atom is 0.262 e. The first-order chi connectivity index (χ1) is 12.5. The van der Waals surface area contributed by atoms with Crippen LogP contribution in [0.5, 0.6) is 5.75 Å². The number of ether oxygens (including phenoxy) is 1. The standard InChI is InChI=1S/C23H29NO2/c1-15(2)20-9-6-10-21(16(3)4)23(20)24-22(25)14-26-19-12-11-17-7-5-8-18(17)13-19/h6,9-13,15-16H,5,7-8,14H2,1-4H3,(H,24,25). The van der Waals surface area contributed by atoms with Crippen LogP contribution in [0.25, 0.3) is 0 Å². The molecule has 2 aromatic rings. The smallest absolute Gasteiger partial charge is 0.262 e. The van der Waals surface area contributed by atoms with Crippen molar-refractivity contribution in [2.75, 3.05) is 11.9 Å². The molecule has 3 rings (SSSR count). The molecule has 138 valence electrons. The van der Waals surface area contributed by atoms with E-state index in [0.717, 1.165) is 24.3 Å². The van der Waals surface area contributed by atoms with Crippen molar-refractivity contribution in [1.82, 2.24) is 0 Å². The Kier molecular flexibility index (Phi) is 5.65. The molecule has 1 aliphatic carbocycles. The zero-order chi connectivity index (χ0) is 18.7. The van der Waals surface area contributed by atoms with Gasteiger partial charge in [-0.1, -0.05) is 52.0 Å². The van der Waals surface area contributed by atoms with E-state index in [2.05, 4.69) is 63.3 Å². The van der Waals surface area contributed by atoms with E-state index in [-0.39, 0.29) is 12.5 Å². The number of aryl methyl sites for hydroxylation is 2. The molecule has 0 heterocycles. The van der Waals surface area contributed by atoms with Crippen LogP contribution >= 0.6 is 0 Å². The number of hydrogen-bond donors (Lipinski definition) is 1. The van der Waals surface area contributed by atoms with Crippen LogP contribution in [0.15, 0.2) is 36.4 Å². The average molecular weight is 351 g/mol. The summed E-state index contributed by atoms with van der Waals surface area (Å²) in [6.07, 6.45) is 3.47. The van der Waals surface area contributed by atoms with Crippen molar-refractivity contribution >= 4 is 11.6 Å². The maximum atomic E-state index is 12.5. The summed E-state index contributed by atoms with van der Waals surface area (Å²) in [7, 11) is 0. The van der Waals surface area contributed by atoms with Gasteiger partial charge in [0, 0.05) is 5.69 Å². The molecule has 0 saturated carbocycles. The summed E-state index contributed by atoms with van der Waals surface area (Å²) in [6.45, 7) is 8.63. The normalized spacial score (nSPS) is 13.2. The van der Waals surface area contributed by atoms with Gasteiger partial charge in [0.2, 0.25) is 0 Å². The minimum atomic E-state index is -0.111. The molecule has 0 spiro atoms. The molecule has 0 saturated heterocycles. The van der Waals surface area contributed by atoms with E-state index < -0.39 is 0 Å². The van der Waals surface area contributed by atoms with Gasteiger partial charge in [-0.05, 0) is 65.5 Å². The van der Waals surface area contributed by atoms with Crippen LogP contribution in [-0.2, 0) is 17.6 Å². The molecule has 0 unspecified atom stereocenters. The maximum absolute atomic E-state index is 12.5. The Balaban J connectivity index is 1.70. The second-order valence-electron chi connectivity index (χ2n) is 7.74. The van der Waals surface area contributed by atoms with Crippen molar-refractivity contribution in [3.05, 3.63) is 58.7 Å². The minimum absolute atomic E-state index is 0.0305. The second-order valence-corrected chi connectivity index (χ2v) is 7.74. The van der Waals surface area contributed by atoms with Crippen LogP contribution in [0.2, 0.25) is 0 Å². The molecule has 0 aromatic heterocycles. The molecule has 1 N–H and O–H groups in total. The number of nitrogens with one attached hydrogen (secondary N) is 1. The predicted molar refractivity (Wildman–Crippen MR) is 107 cm³/mol. The number of carbonyl (C=O) groups is 1. The van der Waals surface area contributed by atoms with Gasteiger partial charge in [0.25, 0.3) is 5.91 Å². The zero-order valence-corrected chi connectivity index (χ0v) is 16.3. The average Bonchev–Trinajstić information content (AvgIpc) is 3.07. The summed E-state index contributed by atoms with van der Waals surface area (Å²) in [5.74, 6) is 1.37. The molecule has 0 aliphatic heterocycles. The number of carbonyl (C=O) groups excluding carboxylic acids is 1. The minimum Gasteiger partial charge on any atom is -0.484 e. The van der Waals surface area contributed by atoms with Gasteiger partial charge in [0.05, 0.1) is 0 Å². The third kappa shape index (κ3) is 4.09. The lowest BCUT2D eigenvalue weighted by Gasteiger charge is -2.20. The third-order valence-electron chi connectivity index (χ3n) is 5.08. The summed E-state index contributed by atoms with van der Waals surface area (Å²) < 4.78 is 5.75. The Hall–Kier alpha value is -2.29. The van der Waals surface area contributed by atoms with E-state index in [9.17, 15) is 4.79 Å². The zero-order valence-electron chi connectivity index (χ0n) is 16.3. The number of benzene rings is 2.